The van der Waals surface area contributed by atoms with Gasteiger partial charge in [0.15, 0.2) is 0 Å². The van der Waals surface area contributed by atoms with Crippen LogP contribution < -0.4 is 10.6 Å². The van der Waals surface area contributed by atoms with E-state index in [0.717, 1.165) is 38.4 Å². The lowest BCUT2D eigenvalue weighted by atomic mass is 9.87. The topological polar surface area (TPSA) is 44.4 Å². The molecule has 0 radical (unpaired) electrons. The molecular formula is C16H31N3O. The van der Waals surface area contributed by atoms with Crippen molar-refractivity contribution in [3.8, 4) is 0 Å². The van der Waals surface area contributed by atoms with Crippen molar-refractivity contribution >= 4 is 5.91 Å². The molecule has 4 nitrogen and oxygen atoms in total. The predicted octanol–water partition coefficient (Wildman–Crippen LogP) is 1.76. The highest BCUT2D eigenvalue weighted by molar-refractivity contribution is 5.78. The average molecular weight is 281 g/mol. The summed E-state index contributed by atoms with van der Waals surface area (Å²) in [5.74, 6) is 1.05. The van der Waals surface area contributed by atoms with Crippen molar-refractivity contribution in [3.05, 3.63) is 0 Å². The molecule has 1 aliphatic carbocycles. The zero-order chi connectivity index (χ0) is 14.4. The predicted molar refractivity (Wildman–Crippen MR) is 82.7 cm³/mol. The first kappa shape index (κ1) is 15.8. The molecule has 0 aromatic rings. The Morgan fingerprint density at radius 3 is 2.60 bits per heavy atom. The minimum Gasteiger partial charge on any atom is -0.352 e. The number of carbonyl (C=O) groups excluding carboxylic acids is 1. The zero-order valence-electron chi connectivity index (χ0n) is 13.2. The van der Waals surface area contributed by atoms with Crippen LogP contribution in [0.1, 0.15) is 52.4 Å². The molecule has 1 saturated carbocycles. The molecule has 0 aromatic heterocycles. The molecule has 1 saturated heterocycles. The van der Waals surface area contributed by atoms with Crippen LogP contribution >= 0.6 is 0 Å². The molecule has 2 N–H and O–H groups in total. The third kappa shape index (κ3) is 5.06. The number of nitrogens with zero attached hydrogens (tertiary/aromatic N) is 1. The summed E-state index contributed by atoms with van der Waals surface area (Å²) < 4.78 is 0. The molecule has 20 heavy (non-hydrogen) atoms. The number of nitrogens with one attached hydrogen (secondary N) is 2. The number of amides is 1. The molecule has 2 rings (SSSR count). The molecule has 2 aliphatic rings. The van der Waals surface area contributed by atoms with Crippen LogP contribution in [0.5, 0.6) is 0 Å². The maximum atomic E-state index is 12.2. The maximum Gasteiger partial charge on any atom is 0.234 e. The lowest BCUT2D eigenvalue weighted by Crippen LogP contribution is -2.46. The summed E-state index contributed by atoms with van der Waals surface area (Å²) in [4.78, 5) is 14.4. The van der Waals surface area contributed by atoms with E-state index in [1.807, 2.05) is 0 Å². The Labute approximate surface area is 123 Å². The van der Waals surface area contributed by atoms with Gasteiger partial charge in [-0.1, -0.05) is 13.8 Å². The molecular weight excluding hydrogens is 250 g/mol. The van der Waals surface area contributed by atoms with Gasteiger partial charge in [0.05, 0.1) is 6.54 Å². The van der Waals surface area contributed by atoms with Crippen molar-refractivity contribution in [2.75, 3.05) is 26.2 Å². The normalized spacial score (nSPS) is 30.6. The maximum absolute atomic E-state index is 12.2. The minimum absolute atomic E-state index is 0.212. The number of likely N-dealkylation sites (N-methyl/N-ethyl adjacent to an activating group) is 1. The summed E-state index contributed by atoms with van der Waals surface area (Å²) >= 11 is 0. The van der Waals surface area contributed by atoms with Crippen LogP contribution in [0, 0.1) is 5.92 Å². The fourth-order valence-corrected chi connectivity index (χ4v) is 3.41. The monoisotopic (exact) mass is 281 g/mol. The van der Waals surface area contributed by atoms with Gasteiger partial charge >= 0.3 is 0 Å². The number of carbonyl (C=O) groups is 1. The fraction of sp³-hybridized carbons (Fsp3) is 0.938. The van der Waals surface area contributed by atoms with Gasteiger partial charge in [0.1, 0.15) is 0 Å². The SMILES string of the molecule is CCN(CC(=O)NC1CCC(C)CC1)CC1CCCN1. The quantitative estimate of drug-likeness (QED) is 0.780. The van der Waals surface area contributed by atoms with Crippen LogP contribution in [0.4, 0.5) is 0 Å². The van der Waals surface area contributed by atoms with Gasteiger partial charge in [-0.2, -0.15) is 0 Å². The second-order valence-corrected chi connectivity index (χ2v) is 6.65. The van der Waals surface area contributed by atoms with E-state index in [2.05, 4.69) is 29.4 Å². The van der Waals surface area contributed by atoms with E-state index in [1.165, 1.54) is 25.7 Å². The molecule has 1 heterocycles. The third-order valence-electron chi connectivity index (χ3n) is 4.84. The summed E-state index contributed by atoms with van der Waals surface area (Å²) in [7, 11) is 0. The van der Waals surface area contributed by atoms with Crippen LogP contribution in [0.2, 0.25) is 0 Å². The highest BCUT2D eigenvalue weighted by Gasteiger charge is 2.22. The Morgan fingerprint density at radius 2 is 2.00 bits per heavy atom. The van der Waals surface area contributed by atoms with Gasteiger partial charge in [0.25, 0.3) is 0 Å². The Morgan fingerprint density at radius 1 is 1.25 bits per heavy atom. The fourth-order valence-electron chi connectivity index (χ4n) is 3.41. The van der Waals surface area contributed by atoms with E-state index in [4.69, 9.17) is 0 Å². The van der Waals surface area contributed by atoms with Gasteiger partial charge in [-0.25, -0.2) is 0 Å². The Kier molecular flexibility index (Phi) is 6.30. The second kappa shape index (κ2) is 7.99. The molecule has 1 aliphatic heterocycles. The Hall–Kier alpha value is -0.610. The standard InChI is InChI=1S/C16H31N3O/c1-3-19(11-15-5-4-10-17-15)12-16(20)18-14-8-6-13(2)7-9-14/h13-15,17H,3-12H2,1-2H3,(H,18,20). The van der Waals surface area contributed by atoms with Crippen molar-refractivity contribution in [3.63, 3.8) is 0 Å². The molecule has 0 bridgehead atoms. The molecule has 1 amide bonds. The molecule has 4 heteroatoms. The molecule has 0 spiro atoms. The first-order valence-electron chi connectivity index (χ1n) is 8.42. The number of rotatable bonds is 6. The number of hydrogen-bond donors (Lipinski definition) is 2. The van der Waals surface area contributed by atoms with Crippen LogP contribution in [0.3, 0.4) is 0 Å². The van der Waals surface area contributed by atoms with Crippen LogP contribution in [-0.2, 0) is 4.79 Å². The van der Waals surface area contributed by atoms with Gasteiger partial charge in [-0.15, -0.1) is 0 Å². The summed E-state index contributed by atoms with van der Waals surface area (Å²) in [5.41, 5.74) is 0. The molecule has 116 valence electrons. The van der Waals surface area contributed by atoms with E-state index in [-0.39, 0.29) is 5.91 Å². The van der Waals surface area contributed by atoms with Gasteiger partial charge in [-0.05, 0) is 57.5 Å². The van der Waals surface area contributed by atoms with E-state index in [9.17, 15) is 4.79 Å². The van der Waals surface area contributed by atoms with Gasteiger partial charge in [0.2, 0.25) is 5.91 Å². The van der Waals surface area contributed by atoms with Crippen molar-refractivity contribution in [1.82, 2.24) is 15.5 Å². The Bertz CT molecular complexity index is 294. The van der Waals surface area contributed by atoms with Crippen LogP contribution in [0.25, 0.3) is 0 Å². The lowest BCUT2D eigenvalue weighted by Gasteiger charge is -2.29. The summed E-state index contributed by atoms with van der Waals surface area (Å²) in [6.45, 7) is 8.10. The summed E-state index contributed by atoms with van der Waals surface area (Å²) in [6, 6.07) is 1.00. The zero-order valence-corrected chi connectivity index (χ0v) is 13.2. The first-order chi connectivity index (χ1) is 9.67. The van der Waals surface area contributed by atoms with Gasteiger partial charge < -0.3 is 10.6 Å². The average Bonchev–Trinajstić information content (AvgIpc) is 2.93. The molecule has 1 unspecified atom stereocenters. The molecule has 2 fully saturated rings. The summed E-state index contributed by atoms with van der Waals surface area (Å²) in [6.07, 6.45) is 7.35. The third-order valence-corrected chi connectivity index (χ3v) is 4.84. The highest BCUT2D eigenvalue weighted by Crippen LogP contribution is 2.23. The lowest BCUT2D eigenvalue weighted by molar-refractivity contribution is -0.123. The van der Waals surface area contributed by atoms with Gasteiger partial charge in [0, 0.05) is 18.6 Å². The van der Waals surface area contributed by atoms with Crippen LogP contribution in [-0.4, -0.2) is 49.1 Å². The van der Waals surface area contributed by atoms with Crippen molar-refractivity contribution in [2.24, 2.45) is 5.92 Å². The van der Waals surface area contributed by atoms with Crippen LogP contribution in [0.15, 0.2) is 0 Å². The van der Waals surface area contributed by atoms with E-state index in [1.54, 1.807) is 0 Å². The van der Waals surface area contributed by atoms with Crippen molar-refractivity contribution < 1.29 is 4.79 Å². The number of hydrogen-bond acceptors (Lipinski definition) is 3. The molecule has 0 aromatic carbocycles. The highest BCUT2D eigenvalue weighted by atomic mass is 16.2. The van der Waals surface area contributed by atoms with E-state index < -0.39 is 0 Å². The first-order valence-corrected chi connectivity index (χ1v) is 8.42. The minimum atomic E-state index is 0.212. The van der Waals surface area contributed by atoms with Crippen molar-refractivity contribution in [1.29, 1.82) is 0 Å². The molecule has 1 atom stereocenters. The Balaban J connectivity index is 1.68. The van der Waals surface area contributed by atoms with E-state index >= 15 is 0 Å². The van der Waals surface area contributed by atoms with Crippen molar-refractivity contribution in [2.45, 2.75) is 64.5 Å². The smallest absolute Gasteiger partial charge is 0.234 e. The van der Waals surface area contributed by atoms with Gasteiger partial charge in [-0.3, -0.25) is 9.69 Å². The van der Waals surface area contributed by atoms with E-state index in [0.29, 0.717) is 18.6 Å². The second-order valence-electron chi connectivity index (χ2n) is 6.65. The summed E-state index contributed by atoms with van der Waals surface area (Å²) in [5, 5.41) is 6.74. The largest absolute Gasteiger partial charge is 0.352 e.